The third-order valence-corrected chi connectivity index (χ3v) is 4.37. The minimum absolute atomic E-state index is 0.173. The van der Waals surface area contributed by atoms with Crippen LogP contribution in [0.1, 0.15) is 47.4 Å². The second kappa shape index (κ2) is 6.77. The molecule has 3 rings (SSSR count). The molecule has 0 saturated carbocycles. The van der Waals surface area contributed by atoms with E-state index in [1.165, 1.54) is 18.4 Å². The first kappa shape index (κ1) is 14.8. The van der Waals surface area contributed by atoms with Crippen molar-refractivity contribution in [1.82, 2.24) is 14.5 Å². The molecule has 0 spiro atoms. The number of rotatable bonds is 3. The number of nitrogens with zero attached hydrogens (tertiary/aromatic N) is 3. The Morgan fingerprint density at radius 3 is 2.36 bits per heavy atom. The highest BCUT2D eigenvalue weighted by atomic mass is 16.2. The molecule has 0 N–H and O–H groups in total. The number of aromatic nitrogens is 2. The molecular formula is C18H23N3O. The maximum Gasteiger partial charge on any atom is 0.253 e. The summed E-state index contributed by atoms with van der Waals surface area (Å²) >= 11 is 0. The lowest BCUT2D eigenvalue weighted by Gasteiger charge is -2.20. The lowest BCUT2D eigenvalue weighted by molar-refractivity contribution is 0.0761. The van der Waals surface area contributed by atoms with Crippen LogP contribution in [0.15, 0.2) is 36.7 Å². The molecule has 2 aromatic rings. The molecule has 1 aromatic carbocycles. The molecule has 4 nitrogen and oxygen atoms in total. The summed E-state index contributed by atoms with van der Waals surface area (Å²) in [5.74, 6) is 1.18. The third-order valence-electron chi connectivity index (χ3n) is 4.37. The van der Waals surface area contributed by atoms with Crippen molar-refractivity contribution in [1.29, 1.82) is 0 Å². The normalized spacial score (nSPS) is 15.6. The number of carbonyl (C=O) groups excluding carboxylic acids is 1. The highest BCUT2D eigenvalue weighted by Crippen LogP contribution is 2.14. The van der Waals surface area contributed by atoms with Gasteiger partial charge in [0, 0.05) is 37.6 Å². The Morgan fingerprint density at radius 2 is 1.77 bits per heavy atom. The van der Waals surface area contributed by atoms with Crippen molar-refractivity contribution in [3.63, 3.8) is 0 Å². The Bertz CT molecular complexity index is 622. The summed E-state index contributed by atoms with van der Waals surface area (Å²) in [6.07, 6.45) is 8.53. The summed E-state index contributed by atoms with van der Waals surface area (Å²) in [5, 5.41) is 0. The van der Waals surface area contributed by atoms with Gasteiger partial charge in [-0.05, 0) is 37.5 Å². The van der Waals surface area contributed by atoms with Crippen molar-refractivity contribution in [2.24, 2.45) is 0 Å². The molecule has 1 aliphatic rings. The summed E-state index contributed by atoms with van der Waals surface area (Å²) in [7, 11) is 0. The Kier molecular flexibility index (Phi) is 4.56. The molecule has 0 atom stereocenters. The molecule has 4 heteroatoms. The molecule has 2 heterocycles. The maximum atomic E-state index is 12.5. The maximum absolute atomic E-state index is 12.5. The van der Waals surface area contributed by atoms with Gasteiger partial charge in [0.2, 0.25) is 0 Å². The molecule has 1 saturated heterocycles. The number of aryl methyl sites for hydroxylation is 1. The Balaban J connectivity index is 1.68. The van der Waals surface area contributed by atoms with Crippen molar-refractivity contribution >= 4 is 5.91 Å². The van der Waals surface area contributed by atoms with Crippen LogP contribution in [0.5, 0.6) is 0 Å². The van der Waals surface area contributed by atoms with Crippen LogP contribution < -0.4 is 0 Å². The number of hydrogen-bond donors (Lipinski definition) is 0. The molecule has 1 amide bonds. The van der Waals surface area contributed by atoms with Crippen LogP contribution >= 0.6 is 0 Å². The predicted molar refractivity (Wildman–Crippen MR) is 86.9 cm³/mol. The topological polar surface area (TPSA) is 38.1 Å². The van der Waals surface area contributed by atoms with Crippen LogP contribution in [0.3, 0.4) is 0 Å². The summed E-state index contributed by atoms with van der Waals surface area (Å²) < 4.78 is 2.10. The number of imidazole rings is 1. The first-order valence-electron chi connectivity index (χ1n) is 8.10. The van der Waals surface area contributed by atoms with Gasteiger partial charge in [-0.1, -0.05) is 25.0 Å². The van der Waals surface area contributed by atoms with E-state index < -0.39 is 0 Å². The molecule has 1 aliphatic heterocycles. The Hall–Kier alpha value is -2.10. The van der Waals surface area contributed by atoms with E-state index in [-0.39, 0.29) is 5.91 Å². The highest BCUT2D eigenvalue weighted by Gasteiger charge is 2.17. The molecule has 0 unspecified atom stereocenters. The van der Waals surface area contributed by atoms with Crippen molar-refractivity contribution in [2.75, 3.05) is 13.1 Å². The number of carbonyl (C=O) groups is 1. The van der Waals surface area contributed by atoms with E-state index in [1.54, 1.807) is 0 Å². The molecular weight excluding hydrogens is 274 g/mol. The van der Waals surface area contributed by atoms with Gasteiger partial charge in [-0.15, -0.1) is 0 Å². The summed E-state index contributed by atoms with van der Waals surface area (Å²) in [6.45, 7) is 4.59. The van der Waals surface area contributed by atoms with E-state index in [9.17, 15) is 4.79 Å². The average molecular weight is 297 g/mol. The summed E-state index contributed by atoms with van der Waals surface area (Å²) in [4.78, 5) is 18.8. The van der Waals surface area contributed by atoms with E-state index in [0.29, 0.717) is 0 Å². The fraction of sp³-hybridized carbons (Fsp3) is 0.444. The second-order valence-electron chi connectivity index (χ2n) is 6.01. The monoisotopic (exact) mass is 297 g/mol. The number of likely N-dealkylation sites (tertiary alicyclic amines) is 1. The number of hydrogen-bond acceptors (Lipinski definition) is 2. The SMILES string of the molecule is Cc1nccn1Cc1ccc(C(=O)N2CCCCCC2)cc1. The highest BCUT2D eigenvalue weighted by molar-refractivity contribution is 5.94. The van der Waals surface area contributed by atoms with Crippen LogP contribution in [0.4, 0.5) is 0 Å². The van der Waals surface area contributed by atoms with Gasteiger partial charge in [0.05, 0.1) is 0 Å². The van der Waals surface area contributed by atoms with Crippen LogP contribution in [-0.2, 0) is 6.54 Å². The quantitative estimate of drug-likeness (QED) is 0.872. The van der Waals surface area contributed by atoms with Crippen LogP contribution in [-0.4, -0.2) is 33.4 Å². The van der Waals surface area contributed by atoms with Gasteiger partial charge in [0.15, 0.2) is 0 Å². The predicted octanol–water partition coefficient (Wildman–Crippen LogP) is 3.26. The minimum Gasteiger partial charge on any atom is -0.339 e. The van der Waals surface area contributed by atoms with Crippen LogP contribution in [0.25, 0.3) is 0 Å². The summed E-state index contributed by atoms with van der Waals surface area (Å²) in [6, 6.07) is 8.00. The zero-order valence-corrected chi connectivity index (χ0v) is 13.2. The van der Waals surface area contributed by atoms with Gasteiger partial charge in [0.25, 0.3) is 5.91 Å². The Labute approximate surface area is 131 Å². The lowest BCUT2D eigenvalue weighted by atomic mass is 10.1. The number of benzene rings is 1. The van der Waals surface area contributed by atoms with Gasteiger partial charge >= 0.3 is 0 Å². The van der Waals surface area contributed by atoms with E-state index in [2.05, 4.69) is 9.55 Å². The largest absolute Gasteiger partial charge is 0.339 e. The van der Waals surface area contributed by atoms with Gasteiger partial charge in [-0.3, -0.25) is 4.79 Å². The lowest BCUT2D eigenvalue weighted by Crippen LogP contribution is -2.31. The minimum atomic E-state index is 0.173. The van der Waals surface area contributed by atoms with E-state index in [0.717, 1.165) is 43.9 Å². The standard InChI is InChI=1S/C18H23N3O/c1-15-19-10-13-21(15)14-16-6-8-17(9-7-16)18(22)20-11-4-2-3-5-12-20/h6-10,13H,2-5,11-12,14H2,1H3. The second-order valence-corrected chi connectivity index (χ2v) is 6.01. The molecule has 116 valence electrons. The van der Waals surface area contributed by atoms with Gasteiger partial charge in [-0.2, -0.15) is 0 Å². The molecule has 0 aliphatic carbocycles. The Morgan fingerprint density at radius 1 is 1.09 bits per heavy atom. The molecule has 1 aromatic heterocycles. The molecule has 22 heavy (non-hydrogen) atoms. The fourth-order valence-electron chi connectivity index (χ4n) is 2.98. The third kappa shape index (κ3) is 3.38. The van der Waals surface area contributed by atoms with Crippen molar-refractivity contribution in [3.05, 3.63) is 53.6 Å². The summed E-state index contributed by atoms with van der Waals surface area (Å²) in [5.41, 5.74) is 1.99. The van der Waals surface area contributed by atoms with E-state index >= 15 is 0 Å². The van der Waals surface area contributed by atoms with Crippen molar-refractivity contribution in [3.8, 4) is 0 Å². The van der Waals surface area contributed by atoms with Crippen molar-refractivity contribution < 1.29 is 4.79 Å². The fourth-order valence-corrected chi connectivity index (χ4v) is 2.98. The first-order valence-corrected chi connectivity index (χ1v) is 8.10. The van der Waals surface area contributed by atoms with Crippen LogP contribution in [0.2, 0.25) is 0 Å². The zero-order valence-electron chi connectivity index (χ0n) is 13.2. The zero-order chi connectivity index (χ0) is 15.4. The van der Waals surface area contributed by atoms with Crippen molar-refractivity contribution in [2.45, 2.75) is 39.2 Å². The number of amides is 1. The van der Waals surface area contributed by atoms with Gasteiger partial charge < -0.3 is 9.47 Å². The van der Waals surface area contributed by atoms with Gasteiger partial charge in [-0.25, -0.2) is 4.98 Å². The van der Waals surface area contributed by atoms with E-state index in [4.69, 9.17) is 0 Å². The average Bonchev–Trinajstić information content (AvgIpc) is 2.79. The van der Waals surface area contributed by atoms with E-state index in [1.807, 2.05) is 48.5 Å². The first-order chi connectivity index (χ1) is 10.7. The smallest absolute Gasteiger partial charge is 0.253 e. The molecule has 0 radical (unpaired) electrons. The molecule has 0 bridgehead atoms. The molecule has 1 fully saturated rings. The van der Waals surface area contributed by atoms with Gasteiger partial charge in [0.1, 0.15) is 5.82 Å². The van der Waals surface area contributed by atoms with Crippen LogP contribution in [0, 0.1) is 6.92 Å².